The van der Waals surface area contributed by atoms with Gasteiger partial charge >= 0.3 is 0 Å². The number of benzene rings is 1. The van der Waals surface area contributed by atoms with Crippen molar-refractivity contribution < 1.29 is 0 Å². The molecular weight excluding hydrogens is 226 g/mol. The molecule has 0 saturated carbocycles. The summed E-state index contributed by atoms with van der Waals surface area (Å²) in [5, 5.41) is 4.70. The van der Waals surface area contributed by atoms with Crippen LogP contribution in [-0.4, -0.2) is 9.59 Å². The molecule has 0 unspecified atom stereocenters. The van der Waals surface area contributed by atoms with Crippen LogP contribution in [0.1, 0.15) is 11.3 Å². The molecule has 3 nitrogen and oxygen atoms in total. The SMILES string of the molecule is Nc1snnc1CSCc1ccccc1. The predicted molar refractivity (Wildman–Crippen MR) is 65.8 cm³/mol. The summed E-state index contributed by atoms with van der Waals surface area (Å²) in [6.45, 7) is 0. The molecular formula is C10H11N3S2. The van der Waals surface area contributed by atoms with Crippen LogP contribution in [0, 0.1) is 0 Å². The van der Waals surface area contributed by atoms with Gasteiger partial charge in [0, 0.05) is 23.0 Å². The van der Waals surface area contributed by atoms with Gasteiger partial charge in [0.05, 0.1) is 0 Å². The lowest BCUT2D eigenvalue weighted by molar-refractivity contribution is 1.08. The number of aromatic nitrogens is 2. The van der Waals surface area contributed by atoms with E-state index in [-0.39, 0.29) is 0 Å². The minimum Gasteiger partial charge on any atom is -0.388 e. The summed E-state index contributed by atoms with van der Waals surface area (Å²) in [5.74, 6) is 1.81. The summed E-state index contributed by atoms with van der Waals surface area (Å²) >= 11 is 3.06. The van der Waals surface area contributed by atoms with E-state index in [2.05, 4.69) is 33.9 Å². The molecule has 0 bridgehead atoms. The Morgan fingerprint density at radius 1 is 1.20 bits per heavy atom. The summed E-state index contributed by atoms with van der Waals surface area (Å²) in [7, 11) is 0. The number of anilines is 1. The minimum absolute atomic E-state index is 0.732. The Labute approximate surface area is 96.9 Å². The lowest BCUT2D eigenvalue weighted by Crippen LogP contribution is -1.89. The Bertz CT molecular complexity index is 414. The van der Waals surface area contributed by atoms with E-state index in [1.54, 1.807) is 11.8 Å². The van der Waals surface area contributed by atoms with Gasteiger partial charge in [0.25, 0.3) is 0 Å². The summed E-state index contributed by atoms with van der Waals surface area (Å²) in [4.78, 5) is 0. The molecule has 2 rings (SSSR count). The fourth-order valence-corrected chi connectivity index (χ4v) is 2.63. The number of thioether (sulfide) groups is 1. The molecule has 1 aromatic carbocycles. The molecule has 1 aromatic heterocycles. The molecule has 78 valence electrons. The largest absolute Gasteiger partial charge is 0.388 e. The van der Waals surface area contributed by atoms with Crippen molar-refractivity contribution in [1.29, 1.82) is 0 Å². The van der Waals surface area contributed by atoms with Crippen LogP contribution in [0.5, 0.6) is 0 Å². The molecule has 15 heavy (non-hydrogen) atoms. The first-order valence-corrected chi connectivity index (χ1v) is 6.47. The van der Waals surface area contributed by atoms with Crippen LogP contribution < -0.4 is 5.73 Å². The highest BCUT2D eigenvalue weighted by Gasteiger charge is 2.03. The van der Waals surface area contributed by atoms with Gasteiger partial charge in [-0.15, -0.1) is 5.10 Å². The third-order valence-electron chi connectivity index (χ3n) is 1.94. The average Bonchev–Trinajstić information content (AvgIpc) is 2.66. The van der Waals surface area contributed by atoms with Gasteiger partial charge in [-0.2, -0.15) is 11.8 Å². The molecule has 0 aliphatic heterocycles. The van der Waals surface area contributed by atoms with Crippen LogP contribution in [0.3, 0.4) is 0 Å². The molecule has 0 atom stereocenters. The van der Waals surface area contributed by atoms with Crippen molar-refractivity contribution in [3.8, 4) is 0 Å². The van der Waals surface area contributed by atoms with Crippen molar-refractivity contribution in [2.75, 3.05) is 5.73 Å². The smallest absolute Gasteiger partial charge is 0.131 e. The van der Waals surface area contributed by atoms with E-state index in [4.69, 9.17) is 5.73 Å². The topological polar surface area (TPSA) is 51.8 Å². The number of rotatable bonds is 4. The van der Waals surface area contributed by atoms with Crippen molar-refractivity contribution in [3.05, 3.63) is 41.6 Å². The minimum atomic E-state index is 0.732. The fraction of sp³-hybridized carbons (Fsp3) is 0.200. The predicted octanol–water partition coefficient (Wildman–Crippen LogP) is 2.55. The third kappa shape index (κ3) is 2.94. The van der Waals surface area contributed by atoms with Crippen molar-refractivity contribution >= 4 is 28.3 Å². The summed E-state index contributed by atoms with van der Waals surface area (Å²) in [6.07, 6.45) is 0. The van der Waals surface area contributed by atoms with Crippen LogP contribution in [0.25, 0.3) is 0 Å². The zero-order chi connectivity index (χ0) is 10.5. The van der Waals surface area contributed by atoms with Crippen molar-refractivity contribution in [2.45, 2.75) is 11.5 Å². The Morgan fingerprint density at radius 2 is 2.00 bits per heavy atom. The zero-order valence-corrected chi connectivity index (χ0v) is 9.72. The Balaban J connectivity index is 1.83. The monoisotopic (exact) mass is 237 g/mol. The highest BCUT2D eigenvalue weighted by molar-refractivity contribution is 7.97. The van der Waals surface area contributed by atoms with E-state index < -0.39 is 0 Å². The van der Waals surface area contributed by atoms with E-state index in [0.29, 0.717) is 0 Å². The van der Waals surface area contributed by atoms with Gasteiger partial charge in [0.2, 0.25) is 0 Å². The van der Waals surface area contributed by atoms with Crippen molar-refractivity contribution in [3.63, 3.8) is 0 Å². The van der Waals surface area contributed by atoms with Gasteiger partial charge in [-0.05, 0) is 5.56 Å². The Hall–Kier alpha value is -1.07. The third-order valence-corrected chi connectivity index (χ3v) is 3.55. The van der Waals surface area contributed by atoms with E-state index in [1.807, 2.05) is 6.07 Å². The molecule has 2 aromatic rings. The second-order valence-corrected chi connectivity index (χ2v) is 4.83. The van der Waals surface area contributed by atoms with Crippen LogP contribution in [0.4, 0.5) is 5.00 Å². The molecule has 0 amide bonds. The molecule has 0 saturated heterocycles. The number of hydrogen-bond donors (Lipinski definition) is 1. The highest BCUT2D eigenvalue weighted by Crippen LogP contribution is 2.21. The lowest BCUT2D eigenvalue weighted by atomic mass is 10.2. The van der Waals surface area contributed by atoms with Gasteiger partial charge in [-0.25, -0.2) is 0 Å². The lowest BCUT2D eigenvalue weighted by Gasteiger charge is -1.99. The van der Waals surface area contributed by atoms with Gasteiger partial charge in [-0.3, -0.25) is 0 Å². The molecule has 0 aliphatic rings. The number of nitrogen functional groups attached to an aromatic ring is 1. The number of nitrogens with two attached hydrogens (primary N) is 1. The molecule has 0 aliphatic carbocycles. The van der Waals surface area contributed by atoms with E-state index in [0.717, 1.165) is 22.2 Å². The fourth-order valence-electron chi connectivity index (χ4n) is 1.16. The highest BCUT2D eigenvalue weighted by atomic mass is 32.2. The Kier molecular flexibility index (Phi) is 3.58. The van der Waals surface area contributed by atoms with Crippen molar-refractivity contribution in [1.82, 2.24) is 9.59 Å². The maximum absolute atomic E-state index is 5.70. The maximum Gasteiger partial charge on any atom is 0.131 e. The van der Waals surface area contributed by atoms with Crippen molar-refractivity contribution in [2.24, 2.45) is 0 Å². The number of nitrogens with zero attached hydrogens (tertiary/aromatic N) is 2. The van der Waals surface area contributed by atoms with Crippen LogP contribution in [0.15, 0.2) is 30.3 Å². The van der Waals surface area contributed by atoms with E-state index in [9.17, 15) is 0 Å². The van der Waals surface area contributed by atoms with Gasteiger partial charge in [-0.1, -0.05) is 34.8 Å². The first-order chi connectivity index (χ1) is 7.36. The van der Waals surface area contributed by atoms with Crippen LogP contribution >= 0.6 is 23.3 Å². The standard InChI is InChI=1S/C10H11N3S2/c11-10-9(12-13-15-10)7-14-6-8-4-2-1-3-5-8/h1-5H,6-7,11H2. The molecule has 0 spiro atoms. The van der Waals surface area contributed by atoms with E-state index >= 15 is 0 Å². The van der Waals surface area contributed by atoms with Gasteiger partial charge in [0.15, 0.2) is 0 Å². The average molecular weight is 237 g/mol. The molecule has 1 heterocycles. The zero-order valence-electron chi connectivity index (χ0n) is 8.09. The van der Waals surface area contributed by atoms with E-state index in [1.165, 1.54) is 17.1 Å². The normalized spacial score (nSPS) is 10.4. The molecule has 0 fully saturated rings. The first-order valence-electron chi connectivity index (χ1n) is 4.54. The summed E-state index contributed by atoms with van der Waals surface area (Å²) in [6, 6.07) is 10.4. The maximum atomic E-state index is 5.70. The summed E-state index contributed by atoms with van der Waals surface area (Å²) < 4.78 is 3.80. The second-order valence-electron chi connectivity index (χ2n) is 3.06. The Morgan fingerprint density at radius 3 is 2.67 bits per heavy atom. The van der Waals surface area contributed by atoms with Gasteiger partial charge < -0.3 is 5.73 Å². The van der Waals surface area contributed by atoms with Crippen LogP contribution in [-0.2, 0) is 11.5 Å². The van der Waals surface area contributed by atoms with Crippen LogP contribution in [0.2, 0.25) is 0 Å². The second kappa shape index (κ2) is 5.14. The summed E-state index contributed by atoms with van der Waals surface area (Å²) in [5.41, 5.74) is 7.93. The number of hydrogen-bond acceptors (Lipinski definition) is 5. The molecule has 2 N–H and O–H groups in total. The molecule has 0 radical (unpaired) electrons. The first kappa shape index (κ1) is 10.4. The van der Waals surface area contributed by atoms with Gasteiger partial charge in [0.1, 0.15) is 10.7 Å². The quantitative estimate of drug-likeness (QED) is 0.888. The molecule has 5 heteroatoms.